The first-order valence-corrected chi connectivity index (χ1v) is 10.3. The summed E-state index contributed by atoms with van der Waals surface area (Å²) in [6.07, 6.45) is 1.04. The van der Waals surface area contributed by atoms with E-state index in [9.17, 15) is 4.39 Å². The van der Waals surface area contributed by atoms with Crippen molar-refractivity contribution >= 4 is 5.96 Å². The predicted octanol–water partition coefficient (Wildman–Crippen LogP) is 2.53. The monoisotopic (exact) mass is 396 g/mol. The van der Waals surface area contributed by atoms with Crippen LogP contribution in [0.4, 0.5) is 4.39 Å². The molecule has 0 spiro atoms. The summed E-state index contributed by atoms with van der Waals surface area (Å²) in [5, 5.41) is 3.46. The summed E-state index contributed by atoms with van der Waals surface area (Å²) < 4.78 is 19.1. The SMILES string of the molecule is CN=C(NCCc1ccc(F)cc1)N1CC2OCCN(Cc3ccccc3)C2C1. The number of halogens is 1. The van der Waals surface area contributed by atoms with Gasteiger partial charge in [0.2, 0.25) is 0 Å². The molecule has 2 unspecified atom stereocenters. The van der Waals surface area contributed by atoms with Crippen LogP contribution in [0.2, 0.25) is 0 Å². The van der Waals surface area contributed by atoms with Crippen LogP contribution in [0.5, 0.6) is 0 Å². The van der Waals surface area contributed by atoms with Crippen molar-refractivity contribution in [3.05, 3.63) is 71.5 Å². The average molecular weight is 397 g/mol. The van der Waals surface area contributed by atoms with Crippen LogP contribution in [0, 0.1) is 5.82 Å². The molecule has 0 aliphatic carbocycles. The standard InChI is InChI=1S/C23H29FN4O/c1-25-23(26-12-11-18-7-9-20(24)10-8-18)28-16-21-22(17-28)29-14-13-27(21)15-19-5-3-2-4-6-19/h2-10,21-22H,11-17H2,1H3,(H,25,26). The van der Waals surface area contributed by atoms with Gasteiger partial charge in [-0.05, 0) is 29.7 Å². The lowest BCUT2D eigenvalue weighted by atomic mass is 10.1. The minimum absolute atomic E-state index is 0.197. The van der Waals surface area contributed by atoms with Crippen LogP contribution in [0.15, 0.2) is 59.6 Å². The van der Waals surface area contributed by atoms with Crippen molar-refractivity contribution in [3.63, 3.8) is 0 Å². The van der Waals surface area contributed by atoms with Crippen molar-refractivity contribution in [3.8, 4) is 0 Å². The Morgan fingerprint density at radius 1 is 1.10 bits per heavy atom. The normalized spacial score (nSPS) is 22.6. The molecule has 2 aliphatic rings. The molecule has 6 heteroatoms. The quantitative estimate of drug-likeness (QED) is 0.623. The van der Waals surface area contributed by atoms with E-state index in [2.05, 4.69) is 50.4 Å². The van der Waals surface area contributed by atoms with E-state index in [1.54, 1.807) is 0 Å². The second kappa shape index (κ2) is 9.37. The molecule has 0 radical (unpaired) electrons. The molecule has 2 saturated heterocycles. The Morgan fingerprint density at radius 3 is 2.66 bits per heavy atom. The molecule has 2 atom stereocenters. The van der Waals surface area contributed by atoms with Crippen LogP contribution in [-0.4, -0.2) is 67.7 Å². The molecule has 29 heavy (non-hydrogen) atoms. The molecule has 5 nitrogen and oxygen atoms in total. The van der Waals surface area contributed by atoms with E-state index < -0.39 is 0 Å². The van der Waals surface area contributed by atoms with E-state index in [4.69, 9.17) is 4.74 Å². The Kier molecular flexibility index (Phi) is 6.42. The van der Waals surface area contributed by atoms with Gasteiger partial charge in [0.1, 0.15) is 5.82 Å². The summed E-state index contributed by atoms with van der Waals surface area (Å²) in [6.45, 7) is 5.22. The number of nitrogens with zero attached hydrogens (tertiary/aromatic N) is 3. The number of benzene rings is 2. The molecule has 2 heterocycles. The Morgan fingerprint density at radius 2 is 1.90 bits per heavy atom. The van der Waals surface area contributed by atoms with E-state index in [0.29, 0.717) is 6.04 Å². The molecule has 154 valence electrons. The number of hydrogen-bond donors (Lipinski definition) is 1. The number of aliphatic imine (C=N–C) groups is 1. The molecule has 2 aromatic carbocycles. The largest absolute Gasteiger partial charge is 0.373 e. The smallest absolute Gasteiger partial charge is 0.193 e. The first-order valence-electron chi connectivity index (χ1n) is 10.3. The van der Waals surface area contributed by atoms with Gasteiger partial charge in [-0.15, -0.1) is 0 Å². The zero-order chi connectivity index (χ0) is 20.1. The highest BCUT2D eigenvalue weighted by Gasteiger charge is 2.41. The third-order valence-electron chi connectivity index (χ3n) is 5.77. The fourth-order valence-corrected chi connectivity index (χ4v) is 4.25. The Hall–Kier alpha value is -2.44. The highest BCUT2D eigenvalue weighted by molar-refractivity contribution is 5.80. The lowest BCUT2D eigenvalue weighted by Crippen LogP contribution is -2.50. The van der Waals surface area contributed by atoms with E-state index in [-0.39, 0.29) is 11.9 Å². The maximum absolute atomic E-state index is 13.1. The second-order valence-corrected chi connectivity index (χ2v) is 7.69. The van der Waals surface area contributed by atoms with Crippen LogP contribution < -0.4 is 5.32 Å². The third-order valence-corrected chi connectivity index (χ3v) is 5.77. The van der Waals surface area contributed by atoms with Gasteiger partial charge >= 0.3 is 0 Å². The zero-order valence-corrected chi connectivity index (χ0v) is 16.9. The minimum Gasteiger partial charge on any atom is -0.373 e. The first-order chi connectivity index (χ1) is 14.2. The molecule has 0 bridgehead atoms. The average Bonchev–Trinajstić information content (AvgIpc) is 3.18. The molecule has 4 rings (SSSR count). The molecule has 0 saturated carbocycles. The van der Waals surface area contributed by atoms with Gasteiger partial charge in [0.05, 0.1) is 18.8 Å². The molecule has 0 amide bonds. The van der Waals surface area contributed by atoms with Crippen LogP contribution in [0.3, 0.4) is 0 Å². The van der Waals surface area contributed by atoms with Gasteiger partial charge in [0.15, 0.2) is 5.96 Å². The van der Waals surface area contributed by atoms with Gasteiger partial charge in [-0.1, -0.05) is 42.5 Å². The van der Waals surface area contributed by atoms with Crippen molar-refractivity contribution < 1.29 is 9.13 Å². The zero-order valence-electron chi connectivity index (χ0n) is 16.9. The van der Waals surface area contributed by atoms with Gasteiger partial charge in [-0.25, -0.2) is 4.39 Å². The molecular formula is C23H29FN4O. The van der Waals surface area contributed by atoms with Crippen molar-refractivity contribution in [2.75, 3.05) is 39.8 Å². The number of guanidine groups is 1. The number of rotatable bonds is 5. The van der Waals surface area contributed by atoms with Gasteiger partial charge in [0.25, 0.3) is 0 Å². The van der Waals surface area contributed by atoms with Crippen molar-refractivity contribution in [2.45, 2.75) is 25.1 Å². The molecular weight excluding hydrogens is 367 g/mol. The predicted molar refractivity (Wildman–Crippen MR) is 113 cm³/mol. The maximum atomic E-state index is 13.1. The summed E-state index contributed by atoms with van der Waals surface area (Å²) in [4.78, 5) is 9.31. The lowest BCUT2D eigenvalue weighted by molar-refractivity contribution is -0.0502. The Balaban J connectivity index is 1.33. The van der Waals surface area contributed by atoms with Crippen LogP contribution >= 0.6 is 0 Å². The number of ether oxygens (including phenoxy) is 1. The number of likely N-dealkylation sites (tertiary alicyclic amines) is 1. The lowest BCUT2D eigenvalue weighted by Gasteiger charge is -2.36. The number of hydrogen-bond acceptors (Lipinski definition) is 3. The second-order valence-electron chi connectivity index (χ2n) is 7.69. The summed E-state index contributed by atoms with van der Waals surface area (Å²) >= 11 is 0. The molecule has 2 fully saturated rings. The molecule has 2 aromatic rings. The number of morpholine rings is 1. The van der Waals surface area contributed by atoms with Gasteiger partial charge in [-0.2, -0.15) is 0 Å². The topological polar surface area (TPSA) is 40.1 Å². The highest BCUT2D eigenvalue weighted by atomic mass is 19.1. The fourth-order valence-electron chi connectivity index (χ4n) is 4.25. The van der Waals surface area contributed by atoms with Gasteiger partial charge in [0, 0.05) is 39.8 Å². The van der Waals surface area contributed by atoms with E-state index in [1.807, 2.05) is 19.2 Å². The van der Waals surface area contributed by atoms with Gasteiger partial charge in [-0.3, -0.25) is 9.89 Å². The van der Waals surface area contributed by atoms with Crippen LogP contribution in [0.25, 0.3) is 0 Å². The summed E-state index contributed by atoms with van der Waals surface area (Å²) in [7, 11) is 1.82. The Bertz CT molecular complexity index is 811. The molecule has 2 aliphatic heterocycles. The van der Waals surface area contributed by atoms with Crippen molar-refractivity contribution in [1.82, 2.24) is 15.1 Å². The number of fused-ring (bicyclic) bond motifs is 1. The van der Waals surface area contributed by atoms with E-state index in [1.165, 1.54) is 17.7 Å². The van der Waals surface area contributed by atoms with Crippen molar-refractivity contribution in [2.24, 2.45) is 4.99 Å². The molecule has 0 aromatic heterocycles. The van der Waals surface area contributed by atoms with E-state index >= 15 is 0 Å². The molecule has 1 N–H and O–H groups in total. The minimum atomic E-state index is -0.197. The van der Waals surface area contributed by atoms with Crippen LogP contribution in [0.1, 0.15) is 11.1 Å². The first kappa shape index (κ1) is 19.9. The van der Waals surface area contributed by atoms with Crippen molar-refractivity contribution in [1.29, 1.82) is 0 Å². The van der Waals surface area contributed by atoms with Crippen LogP contribution in [-0.2, 0) is 17.7 Å². The summed E-state index contributed by atoms with van der Waals surface area (Å²) in [6, 6.07) is 17.7. The fraction of sp³-hybridized carbons (Fsp3) is 0.435. The van der Waals surface area contributed by atoms with Gasteiger partial charge < -0.3 is 15.0 Å². The van der Waals surface area contributed by atoms with E-state index in [0.717, 1.165) is 57.3 Å². The number of nitrogens with one attached hydrogen (secondary N) is 1. The summed E-state index contributed by atoms with van der Waals surface area (Å²) in [5.74, 6) is 0.710. The maximum Gasteiger partial charge on any atom is 0.193 e. The Labute approximate surface area is 172 Å². The third kappa shape index (κ3) is 4.95. The summed E-state index contributed by atoms with van der Waals surface area (Å²) in [5.41, 5.74) is 2.45. The highest BCUT2D eigenvalue weighted by Crippen LogP contribution is 2.24.